The van der Waals surface area contributed by atoms with Gasteiger partial charge in [0.25, 0.3) is 11.6 Å². The Balaban J connectivity index is 1.85. The van der Waals surface area contributed by atoms with Gasteiger partial charge in [0.1, 0.15) is 4.32 Å². The molecule has 1 aliphatic heterocycles. The van der Waals surface area contributed by atoms with E-state index in [9.17, 15) is 20.0 Å². The van der Waals surface area contributed by atoms with Gasteiger partial charge in [-0.1, -0.05) is 66.4 Å². The van der Waals surface area contributed by atoms with Crippen LogP contribution in [-0.2, 0) is 11.3 Å². The smallest absolute Gasteiger partial charge is 0.266 e. The monoisotopic (exact) mass is 371 g/mol. The van der Waals surface area contributed by atoms with Crippen molar-refractivity contribution in [3.8, 4) is 5.75 Å². The zero-order valence-electron chi connectivity index (χ0n) is 12.7. The van der Waals surface area contributed by atoms with Gasteiger partial charge in [-0.2, -0.15) is 0 Å². The third kappa shape index (κ3) is 3.70. The summed E-state index contributed by atoms with van der Waals surface area (Å²) in [6.07, 6.45) is 1.51. The molecule has 0 N–H and O–H groups in total. The molecule has 1 aliphatic rings. The van der Waals surface area contributed by atoms with Gasteiger partial charge in [0, 0.05) is 6.07 Å². The van der Waals surface area contributed by atoms with Crippen LogP contribution in [-0.4, -0.2) is 20.1 Å². The molecule has 0 unspecified atom stereocenters. The first kappa shape index (κ1) is 17.1. The highest BCUT2D eigenvalue weighted by Crippen LogP contribution is 2.34. The molecule has 1 heterocycles. The fourth-order valence-corrected chi connectivity index (χ4v) is 3.58. The minimum absolute atomic E-state index is 0.257. The number of carbonyl (C=O) groups excluding carboxylic acids is 1. The fraction of sp³-hybridized carbons (Fsp3) is 0.0588. The third-order valence-corrected chi connectivity index (χ3v) is 4.91. The second-order valence-corrected chi connectivity index (χ2v) is 6.91. The summed E-state index contributed by atoms with van der Waals surface area (Å²) in [4.78, 5) is 24.5. The first-order chi connectivity index (χ1) is 12.0. The lowest BCUT2D eigenvalue weighted by molar-refractivity contribution is -0.398. The molecular formula is C17H11N2O4S2-. The van der Waals surface area contributed by atoms with Crippen molar-refractivity contribution in [1.82, 2.24) is 4.90 Å². The normalized spacial score (nSPS) is 15.8. The van der Waals surface area contributed by atoms with Gasteiger partial charge < -0.3 is 5.11 Å². The number of nitro groups is 1. The zero-order chi connectivity index (χ0) is 18.0. The van der Waals surface area contributed by atoms with Crippen LogP contribution in [0.2, 0.25) is 0 Å². The predicted molar refractivity (Wildman–Crippen MR) is 97.7 cm³/mol. The minimum atomic E-state index is -0.736. The summed E-state index contributed by atoms with van der Waals surface area (Å²) >= 11 is 6.40. The van der Waals surface area contributed by atoms with E-state index in [1.54, 1.807) is 0 Å². The van der Waals surface area contributed by atoms with Gasteiger partial charge in [-0.3, -0.25) is 19.8 Å². The van der Waals surface area contributed by atoms with Crippen molar-refractivity contribution in [2.75, 3.05) is 0 Å². The van der Waals surface area contributed by atoms with Gasteiger partial charge in [0.2, 0.25) is 0 Å². The Kier molecular flexibility index (Phi) is 4.82. The molecule has 0 aliphatic carbocycles. The molecule has 6 nitrogen and oxygen atoms in total. The van der Waals surface area contributed by atoms with Crippen LogP contribution in [0.5, 0.6) is 5.75 Å². The summed E-state index contributed by atoms with van der Waals surface area (Å²) in [5.74, 6) is -0.925. The number of benzene rings is 2. The number of nitro benzene ring substituents is 1. The third-order valence-electron chi connectivity index (χ3n) is 3.53. The van der Waals surface area contributed by atoms with Crippen LogP contribution in [0, 0.1) is 10.1 Å². The van der Waals surface area contributed by atoms with Gasteiger partial charge >= 0.3 is 0 Å². The van der Waals surface area contributed by atoms with Crippen molar-refractivity contribution in [3.63, 3.8) is 0 Å². The first-order valence-corrected chi connectivity index (χ1v) is 8.43. The molecule has 1 fully saturated rings. The van der Waals surface area contributed by atoms with Crippen LogP contribution >= 0.6 is 24.0 Å². The van der Waals surface area contributed by atoms with E-state index >= 15 is 0 Å². The molecule has 0 saturated carbocycles. The Labute approximate surface area is 152 Å². The molecule has 0 atom stereocenters. The number of hydrogen-bond donors (Lipinski definition) is 0. The quantitative estimate of drug-likeness (QED) is 0.355. The molecule has 0 spiro atoms. The lowest BCUT2D eigenvalue weighted by Crippen LogP contribution is -2.27. The van der Waals surface area contributed by atoms with Crippen LogP contribution in [0.4, 0.5) is 5.69 Å². The van der Waals surface area contributed by atoms with Crippen LogP contribution in [0.15, 0.2) is 53.4 Å². The lowest BCUT2D eigenvalue weighted by Gasteiger charge is -2.14. The van der Waals surface area contributed by atoms with Crippen molar-refractivity contribution in [2.24, 2.45) is 0 Å². The van der Waals surface area contributed by atoms with Crippen LogP contribution in [0.1, 0.15) is 11.1 Å². The molecule has 2 aromatic carbocycles. The van der Waals surface area contributed by atoms with E-state index in [1.165, 1.54) is 17.0 Å². The van der Waals surface area contributed by atoms with E-state index in [2.05, 4.69) is 0 Å². The second-order valence-electron chi connectivity index (χ2n) is 5.24. The average molecular weight is 371 g/mol. The Morgan fingerprint density at radius 2 is 1.92 bits per heavy atom. The van der Waals surface area contributed by atoms with Crippen molar-refractivity contribution < 1.29 is 14.8 Å². The largest absolute Gasteiger partial charge is 0.868 e. The Morgan fingerprint density at radius 1 is 1.20 bits per heavy atom. The summed E-state index contributed by atoms with van der Waals surface area (Å²) in [5, 5.41) is 22.3. The van der Waals surface area contributed by atoms with E-state index < -0.39 is 16.4 Å². The van der Waals surface area contributed by atoms with E-state index in [1.807, 2.05) is 30.3 Å². The summed E-state index contributed by atoms with van der Waals surface area (Å²) in [7, 11) is 0. The lowest BCUT2D eigenvalue weighted by atomic mass is 10.1. The Morgan fingerprint density at radius 3 is 2.60 bits per heavy atom. The number of hydrogen-bond acceptors (Lipinski definition) is 6. The molecule has 25 heavy (non-hydrogen) atoms. The van der Waals surface area contributed by atoms with E-state index in [-0.39, 0.29) is 5.91 Å². The minimum Gasteiger partial charge on any atom is -0.868 e. The topological polar surface area (TPSA) is 86.5 Å². The highest BCUT2D eigenvalue weighted by Gasteiger charge is 2.32. The number of nitrogens with zero attached hydrogens (tertiary/aromatic N) is 2. The summed E-state index contributed by atoms with van der Waals surface area (Å²) in [6.45, 7) is 0.364. The van der Waals surface area contributed by atoms with Crippen LogP contribution in [0.3, 0.4) is 0 Å². The van der Waals surface area contributed by atoms with Crippen molar-refractivity contribution in [2.45, 2.75) is 6.54 Å². The van der Waals surface area contributed by atoms with Crippen LogP contribution < -0.4 is 5.11 Å². The van der Waals surface area contributed by atoms with Crippen molar-refractivity contribution >= 4 is 46.0 Å². The maximum atomic E-state index is 12.6. The Hall–Kier alpha value is -2.71. The summed E-state index contributed by atoms with van der Waals surface area (Å²) in [5.41, 5.74) is 0.839. The molecule has 0 radical (unpaired) electrons. The molecule has 126 valence electrons. The number of rotatable bonds is 4. The molecule has 0 aromatic heterocycles. The maximum absolute atomic E-state index is 12.6. The van der Waals surface area contributed by atoms with Gasteiger partial charge in [-0.05, 0) is 23.0 Å². The van der Waals surface area contributed by atoms with Gasteiger partial charge in [-0.15, -0.1) is 0 Å². The molecule has 8 heteroatoms. The number of carbonyl (C=O) groups is 1. The van der Waals surface area contributed by atoms with E-state index in [0.717, 1.165) is 29.5 Å². The van der Waals surface area contributed by atoms with Crippen LogP contribution in [0.25, 0.3) is 6.08 Å². The number of thiocarbonyl (C=S) groups is 1. The SMILES string of the molecule is O=C1/C(=C\c2ccc([O-])c([N+](=O)[O-])c2)SC(=S)N1Cc1ccccc1. The van der Waals surface area contributed by atoms with E-state index in [0.29, 0.717) is 21.3 Å². The zero-order valence-corrected chi connectivity index (χ0v) is 14.4. The average Bonchev–Trinajstić information content (AvgIpc) is 2.85. The standard InChI is InChI=1S/C17H12N2O4S2/c20-14-7-6-12(8-13(14)19(22)23)9-15-16(21)18(17(24)25-15)10-11-4-2-1-3-5-11/h1-9,20H,10H2/p-1/b15-9+. The summed E-state index contributed by atoms with van der Waals surface area (Å²) < 4.78 is 0.426. The fourth-order valence-electron chi connectivity index (χ4n) is 2.32. The Bertz CT molecular complexity index is 897. The number of amides is 1. The maximum Gasteiger partial charge on any atom is 0.266 e. The highest BCUT2D eigenvalue weighted by molar-refractivity contribution is 8.26. The van der Waals surface area contributed by atoms with Gasteiger partial charge in [0.05, 0.1) is 16.4 Å². The molecule has 1 saturated heterocycles. The van der Waals surface area contributed by atoms with Crippen molar-refractivity contribution in [1.29, 1.82) is 0 Å². The molecule has 0 bridgehead atoms. The first-order valence-electron chi connectivity index (χ1n) is 7.20. The van der Waals surface area contributed by atoms with Gasteiger partial charge in [-0.25, -0.2) is 0 Å². The highest BCUT2D eigenvalue weighted by atomic mass is 32.2. The van der Waals surface area contributed by atoms with E-state index in [4.69, 9.17) is 12.2 Å². The molecule has 2 aromatic rings. The van der Waals surface area contributed by atoms with Crippen molar-refractivity contribution in [3.05, 3.63) is 74.7 Å². The molecular weight excluding hydrogens is 360 g/mol. The molecule has 3 rings (SSSR count). The molecule has 1 amide bonds. The predicted octanol–water partition coefficient (Wildman–Crippen LogP) is 3.07. The van der Waals surface area contributed by atoms with Gasteiger partial charge in [0.15, 0.2) is 0 Å². The number of thioether (sulfide) groups is 1. The second kappa shape index (κ2) is 7.04. The summed E-state index contributed by atoms with van der Waals surface area (Å²) in [6, 6.07) is 13.2.